The van der Waals surface area contributed by atoms with Crippen LogP contribution in [0.15, 0.2) is 24.3 Å². The zero-order valence-electron chi connectivity index (χ0n) is 13.0. The lowest BCUT2D eigenvalue weighted by atomic mass is 10.1. The molecule has 1 rings (SSSR count). The predicted octanol–water partition coefficient (Wildman–Crippen LogP) is 3.41. The minimum absolute atomic E-state index is 0.0605. The van der Waals surface area contributed by atoms with Gasteiger partial charge in [-0.3, -0.25) is 4.79 Å². The number of para-hydroxylation sites is 1. The van der Waals surface area contributed by atoms with E-state index < -0.39 is 0 Å². The van der Waals surface area contributed by atoms with E-state index >= 15 is 0 Å². The van der Waals surface area contributed by atoms with E-state index in [1.807, 2.05) is 58.9 Å². The molecule has 0 aromatic heterocycles. The van der Waals surface area contributed by atoms with Crippen LogP contribution in [-0.4, -0.2) is 29.1 Å². The van der Waals surface area contributed by atoms with Gasteiger partial charge in [0.1, 0.15) is 5.75 Å². The van der Waals surface area contributed by atoms with E-state index in [2.05, 4.69) is 5.32 Å². The van der Waals surface area contributed by atoms with Gasteiger partial charge in [-0.2, -0.15) is 0 Å². The van der Waals surface area contributed by atoms with E-state index in [0.29, 0.717) is 6.61 Å². The maximum atomic E-state index is 11.9. The fraction of sp³-hybridized carbons (Fsp3) is 0.562. The molecule has 3 nitrogen and oxygen atoms in total. The first-order chi connectivity index (χ1) is 9.29. The molecule has 1 N–H and O–H groups in total. The molecule has 0 aliphatic carbocycles. The number of thioether (sulfide) groups is 1. The standard InChI is InChI=1S/C16H25NO2S/c1-12-8-6-7-9-14(12)19-10-11-20-13(2)15(18)17-16(3,4)5/h6-9,13H,10-11H2,1-5H3,(H,17,18). The molecule has 112 valence electrons. The lowest BCUT2D eigenvalue weighted by molar-refractivity contribution is -0.121. The van der Waals surface area contributed by atoms with Crippen LogP contribution in [0.3, 0.4) is 0 Å². The summed E-state index contributed by atoms with van der Waals surface area (Å²) < 4.78 is 5.72. The minimum Gasteiger partial charge on any atom is -0.492 e. The van der Waals surface area contributed by atoms with Crippen molar-refractivity contribution in [1.29, 1.82) is 0 Å². The van der Waals surface area contributed by atoms with Gasteiger partial charge in [0.2, 0.25) is 5.91 Å². The van der Waals surface area contributed by atoms with E-state index in [1.54, 1.807) is 11.8 Å². The molecule has 0 radical (unpaired) electrons. The van der Waals surface area contributed by atoms with Crippen molar-refractivity contribution in [2.45, 2.75) is 45.4 Å². The van der Waals surface area contributed by atoms with Crippen molar-refractivity contribution in [3.8, 4) is 5.75 Å². The van der Waals surface area contributed by atoms with Crippen LogP contribution < -0.4 is 10.1 Å². The summed E-state index contributed by atoms with van der Waals surface area (Å²) in [5.41, 5.74) is 0.958. The van der Waals surface area contributed by atoms with Gasteiger partial charge in [-0.15, -0.1) is 11.8 Å². The van der Waals surface area contributed by atoms with Crippen LogP contribution in [0.2, 0.25) is 0 Å². The van der Waals surface area contributed by atoms with Crippen LogP contribution >= 0.6 is 11.8 Å². The topological polar surface area (TPSA) is 38.3 Å². The van der Waals surface area contributed by atoms with Gasteiger partial charge in [0.05, 0.1) is 11.9 Å². The molecule has 1 aromatic rings. The molecule has 1 aromatic carbocycles. The van der Waals surface area contributed by atoms with E-state index in [9.17, 15) is 4.79 Å². The van der Waals surface area contributed by atoms with Crippen molar-refractivity contribution >= 4 is 17.7 Å². The van der Waals surface area contributed by atoms with Crippen LogP contribution in [0.25, 0.3) is 0 Å². The molecule has 1 atom stereocenters. The van der Waals surface area contributed by atoms with Crippen molar-refractivity contribution < 1.29 is 9.53 Å². The van der Waals surface area contributed by atoms with Gasteiger partial charge in [0.25, 0.3) is 0 Å². The number of amides is 1. The van der Waals surface area contributed by atoms with Crippen molar-refractivity contribution in [2.75, 3.05) is 12.4 Å². The van der Waals surface area contributed by atoms with Crippen LogP contribution in [0.4, 0.5) is 0 Å². The molecular weight excluding hydrogens is 270 g/mol. The molecule has 0 aliphatic heterocycles. The first kappa shape index (κ1) is 16.9. The summed E-state index contributed by atoms with van der Waals surface area (Å²) in [5, 5.41) is 2.93. The van der Waals surface area contributed by atoms with Gasteiger partial charge in [-0.05, 0) is 46.2 Å². The molecule has 0 spiro atoms. The third-order valence-corrected chi connectivity index (χ3v) is 3.79. The van der Waals surface area contributed by atoms with Crippen molar-refractivity contribution in [2.24, 2.45) is 0 Å². The summed E-state index contributed by atoms with van der Waals surface area (Å²) in [6, 6.07) is 7.96. The van der Waals surface area contributed by atoms with Crippen molar-refractivity contribution in [1.82, 2.24) is 5.32 Å². The molecule has 1 amide bonds. The highest BCUT2D eigenvalue weighted by molar-refractivity contribution is 8.00. The highest BCUT2D eigenvalue weighted by atomic mass is 32.2. The van der Waals surface area contributed by atoms with Gasteiger partial charge in [-0.25, -0.2) is 0 Å². The van der Waals surface area contributed by atoms with Crippen molar-refractivity contribution in [3.63, 3.8) is 0 Å². The number of hydrogen-bond donors (Lipinski definition) is 1. The third kappa shape index (κ3) is 6.33. The molecule has 0 heterocycles. The quantitative estimate of drug-likeness (QED) is 0.817. The van der Waals surface area contributed by atoms with E-state index in [0.717, 1.165) is 17.1 Å². The molecule has 0 bridgehead atoms. The summed E-state index contributed by atoms with van der Waals surface area (Å²) in [5.74, 6) is 1.80. The van der Waals surface area contributed by atoms with Gasteiger partial charge >= 0.3 is 0 Å². The molecule has 4 heteroatoms. The number of aryl methyl sites for hydroxylation is 1. The number of nitrogens with one attached hydrogen (secondary N) is 1. The van der Waals surface area contributed by atoms with Gasteiger partial charge in [0, 0.05) is 11.3 Å². The monoisotopic (exact) mass is 295 g/mol. The third-order valence-electron chi connectivity index (χ3n) is 2.67. The number of benzene rings is 1. The molecule has 0 aliphatic rings. The summed E-state index contributed by atoms with van der Waals surface area (Å²) in [4.78, 5) is 11.9. The zero-order valence-corrected chi connectivity index (χ0v) is 13.8. The van der Waals surface area contributed by atoms with Crippen LogP contribution in [0, 0.1) is 6.92 Å². The summed E-state index contributed by atoms with van der Waals surface area (Å²) in [6.07, 6.45) is 0. The smallest absolute Gasteiger partial charge is 0.233 e. The SMILES string of the molecule is Cc1ccccc1OCCSC(C)C(=O)NC(C)(C)C. The first-order valence-corrected chi connectivity index (χ1v) is 7.96. The Morgan fingerprint density at radius 2 is 2.00 bits per heavy atom. The number of carbonyl (C=O) groups excluding carboxylic acids is 1. The molecular formula is C16H25NO2S. The zero-order chi connectivity index (χ0) is 15.2. The normalized spacial score (nSPS) is 12.8. The molecule has 20 heavy (non-hydrogen) atoms. The fourth-order valence-corrected chi connectivity index (χ4v) is 2.39. The minimum atomic E-state index is -0.177. The predicted molar refractivity (Wildman–Crippen MR) is 86.5 cm³/mol. The summed E-state index contributed by atoms with van der Waals surface area (Å²) >= 11 is 1.61. The van der Waals surface area contributed by atoms with Crippen LogP contribution in [-0.2, 0) is 4.79 Å². The maximum Gasteiger partial charge on any atom is 0.233 e. The largest absolute Gasteiger partial charge is 0.492 e. The average Bonchev–Trinajstić information content (AvgIpc) is 2.34. The highest BCUT2D eigenvalue weighted by Crippen LogP contribution is 2.17. The second-order valence-corrected chi connectivity index (χ2v) is 7.31. The second kappa shape index (κ2) is 7.58. The Balaban J connectivity index is 2.27. The number of hydrogen-bond acceptors (Lipinski definition) is 3. The number of carbonyl (C=O) groups is 1. The second-order valence-electron chi connectivity index (χ2n) is 5.87. The first-order valence-electron chi connectivity index (χ1n) is 6.91. The molecule has 1 unspecified atom stereocenters. The Morgan fingerprint density at radius 3 is 2.60 bits per heavy atom. The maximum absolute atomic E-state index is 11.9. The summed E-state index contributed by atoms with van der Waals surface area (Å²) in [7, 11) is 0. The molecule has 0 saturated heterocycles. The van der Waals surface area contributed by atoms with Crippen LogP contribution in [0.5, 0.6) is 5.75 Å². The Hall–Kier alpha value is -1.16. The number of ether oxygens (including phenoxy) is 1. The summed E-state index contributed by atoms with van der Waals surface area (Å²) in [6.45, 7) is 10.5. The number of rotatable bonds is 6. The Bertz CT molecular complexity index is 440. The van der Waals surface area contributed by atoms with E-state index in [1.165, 1.54) is 0 Å². The van der Waals surface area contributed by atoms with E-state index in [-0.39, 0.29) is 16.7 Å². The highest BCUT2D eigenvalue weighted by Gasteiger charge is 2.19. The van der Waals surface area contributed by atoms with E-state index in [4.69, 9.17) is 4.74 Å². The average molecular weight is 295 g/mol. The molecule has 0 saturated carbocycles. The van der Waals surface area contributed by atoms with Crippen LogP contribution in [0.1, 0.15) is 33.3 Å². The van der Waals surface area contributed by atoms with Gasteiger partial charge in [0.15, 0.2) is 0 Å². The lowest BCUT2D eigenvalue weighted by Gasteiger charge is -2.23. The van der Waals surface area contributed by atoms with Gasteiger partial charge < -0.3 is 10.1 Å². The Labute approximate surface area is 126 Å². The lowest BCUT2D eigenvalue weighted by Crippen LogP contribution is -2.44. The Morgan fingerprint density at radius 1 is 1.35 bits per heavy atom. The fourth-order valence-electron chi connectivity index (χ4n) is 1.64. The molecule has 0 fully saturated rings. The van der Waals surface area contributed by atoms with Crippen molar-refractivity contribution in [3.05, 3.63) is 29.8 Å². The Kier molecular flexibility index (Phi) is 6.40. The van der Waals surface area contributed by atoms with Gasteiger partial charge in [-0.1, -0.05) is 18.2 Å².